The summed E-state index contributed by atoms with van der Waals surface area (Å²) < 4.78 is 0. The third-order valence-electron chi connectivity index (χ3n) is 1.86. The highest BCUT2D eigenvalue weighted by molar-refractivity contribution is 6.35. The molecule has 0 spiro atoms. The van der Waals surface area contributed by atoms with Crippen LogP contribution in [0.15, 0.2) is 42.5 Å². The fraction of sp³-hybridized carbons (Fsp3) is 0. The van der Waals surface area contributed by atoms with Crippen molar-refractivity contribution in [3.05, 3.63) is 57.5 Å². The van der Waals surface area contributed by atoms with Gasteiger partial charge < -0.3 is 11.5 Å². The minimum Gasteiger partial charge on any atom is -0.398 e. The molecule has 5 heteroatoms. The first kappa shape index (κ1) is 14.0. The molecule has 0 saturated carbocycles. The molecule has 0 saturated heterocycles. The number of hydrogen-bond donors (Lipinski definition) is 2. The van der Waals surface area contributed by atoms with Crippen LogP contribution in [0.2, 0.25) is 15.1 Å². The van der Waals surface area contributed by atoms with Gasteiger partial charge in [-0.3, -0.25) is 0 Å². The maximum absolute atomic E-state index is 5.60. The molecule has 0 aliphatic heterocycles. The second kappa shape index (κ2) is 6.60. The van der Waals surface area contributed by atoms with Crippen molar-refractivity contribution in [3.63, 3.8) is 0 Å². The van der Waals surface area contributed by atoms with E-state index < -0.39 is 0 Å². The summed E-state index contributed by atoms with van der Waals surface area (Å²) in [5.74, 6) is 0. The number of para-hydroxylation sites is 1. The predicted octanol–water partition coefficient (Wildman–Crippen LogP) is 4.50. The van der Waals surface area contributed by atoms with Crippen molar-refractivity contribution >= 4 is 46.2 Å². The zero-order valence-corrected chi connectivity index (χ0v) is 11.1. The summed E-state index contributed by atoms with van der Waals surface area (Å²) in [6, 6.07) is 12.2. The predicted molar refractivity (Wildman–Crippen MR) is 76.7 cm³/mol. The van der Waals surface area contributed by atoms with Crippen LogP contribution < -0.4 is 11.5 Å². The van der Waals surface area contributed by atoms with Gasteiger partial charge in [0.1, 0.15) is 0 Å². The zero-order chi connectivity index (χ0) is 12.8. The van der Waals surface area contributed by atoms with Crippen molar-refractivity contribution in [2.24, 2.45) is 0 Å². The van der Waals surface area contributed by atoms with Crippen LogP contribution in [0, 0.1) is 0 Å². The monoisotopic (exact) mass is 288 g/mol. The van der Waals surface area contributed by atoms with Gasteiger partial charge in [-0.25, -0.2) is 0 Å². The molecule has 2 aromatic rings. The summed E-state index contributed by atoms with van der Waals surface area (Å²) in [6.45, 7) is 0. The van der Waals surface area contributed by atoms with Gasteiger partial charge in [0.25, 0.3) is 0 Å². The van der Waals surface area contributed by atoms with Crippen molar-refractivity contribution in [2.75, 3.05) is 11.5 Å². The van der Waals surface area contributed by atoms with Gasteiger partial charge in [0, 0.05) is 5.02 Å². The van der Waals surface area contributed by atoms with Crippen molar-refractivity contribution in [1.82, 2.24) is 0 Å². The number of nitrogen functional groups attached to an aromatic ring is 2. The van der Waals surface area contributed by atoms with Crippen molar-refractivity contribution in [3.8, 4) is 0 Å². The van der Waals surface area contributed by atoms with E-state index in [0.29, 0.717) is 26.4 Å². The molecule has 0 fully saturated rings. The van der Waals surface area contributed by atoms with Crippen LogP contribution >= 0.6 is 34.8 Å². The quantitative estimate of drug-likeness (QED) is 0.702. The van der Waals surface area contributed by atoms with Gasteiger partial charge in [-0.1, -0.05) is 46.9 Å². The van der Waals surface area contributed by atoms with E-state index in [1.54, 1.807) is 30.3 Å². The number of hydrogen-bond acceptors (Lipinski definition) is 2. The Labute approximate surface area is 115 Å². The molecule has 0 aliphatic carbocycles. The Morgan fingerprint density at radius 2 is 1.29 bits per heavy atom. The third kappa shape index (κ3) is 4.73. The topological polar surface area (TPSA) is 52.0 Å². The van der Waals surface area contributed by atoms with Crippen LogP contribution in [-0.2, 0) is 0 Å². The number of nitrogens with two attached hydrogens (primary N) is 2. The van der Waals surface area contributed by atoms with E-state index in [-0.39, 0.29) is 0 Å². The smallest absolute Gasteiger partial charge is 0.0636 e. The maximum Gasteiger partial charge on any atom is 0.0636 e. The minimum atomic E-state index is 0.518. The fourth-order valence-electron chi connectivity index (χ4n) is 0.990. The summed E-state index contributed by atoms with van der Waals surface area (Å²) >= 11 is 16.8. The third-order valence-corrected chi connectivity index (χ3v) is 2.79. The van der Waals surface area contributed by atoms with E-state index in [0.717, 1.165) is 0 Å². The lowest BCUT2D eigenvalue weighted by molar-refractivity contribution is 1.68. The molecule has 0 atom stereocenters. The van der Waals surface area contributed by atoms with Gasteiger partial charge in [-0.15, -0.1) is 0 Å². The van der Waals surface area contributed by atoms with E-state index >= 15 is 0 Å². The summed E-state index contributed by atoms with van der Waals surface area (Å²) in [4.78, 5) is 0. The first-order valence-corrected chi connectivity index (χ1v) is 5.84. The van der Waals surface area contributed by atoms with Gasteiger partial charge >= 0.3 is 0 Å². The van der Waals surface area contributed by atoms with Gasteiger partial charge in [0.05, 0.1) is 21.4 Å². The molecule has 0 radical (unpaired) electrons. The van der Waals surface area contributed by atoms with E-state index in [1.807, 2.05) is 12.1 Å². The molecule has 4 N–H and O–H groups in total. The van der Waals surface area contributed by atoms with E-state index in [9.17, 15) is 0 Å². The Morgan fingerprint density at radius 1 is 0.706 bits per heavy atom. The van der Waals surface area contributed by atoms with Crippen LogP contribution in [-0.4, -0.2) is 0 Å². The maximum atomic E-state index is 5.60. The van der Waals surface area contributed by atoms with Gasteiger partial charge in [0.15, 0.2) is 0 Å². The summed E-state index contributed by atoms with van der Waals surface area (Å²) in [7, 11) is 0. The SMILES string of the molecule is Nc1cc(Cl)ccc1Cl.Nc1ccccc1Cl. The molecular formula is C12H11Cl3N2. The fourth-order valence-corrected chi connectivity index (χ4v) is 1.42. The Morgan fingerprint density at radius 3 is 1.71 bits per heavy atom. The highest BCUT2D eigenvalue weighted by Crippen LogP contribution is 2.21. The average Bonchev–Trinajstić information content (AvgIpc) is 2.29. The molecule has 17 heavy (non-hydrogen) atoms. The first-order chi connectivity index (χ1) is 8.00. The normalized spacial score (nSPS) is 9.35. The Hall–Kier alpha value is -1.09. The lowest BCUT2D eigenvalue weighted by atomic mass is 10.3. The molecule has 0 bridgehead atoms. The Kier molecular flexibility index (Phi) is 5.42. The van der Waals surface area contributed by atoms with E-state index in [1.165, 1.54) is 0 Å². The van der Waals surface area contributed by atoms with Gasteiger partial charge in [-0.2, -0.15) is 0 Å². The summed E-state index contributed by atoms with van der Waals surface area (Å²) in [5, 5.41) is 1.77. The van der Waals surface area contributed by atoms with Crippen LogP contribution in [0.4, 0.5) is 11.4 Å². The summed E-state index contributed by atoms with van der Waals surface area (Å²) in [5.41, 5.74) is 11.9. The molecule has 2 aromatic carbocycles. The first-order valence-electron chi connectivity index (χ1n) is 4.71. The second-order valence-corrected chi connectivity index (χ2v) is 4.44. The Bertz CT molecular complexity index is 480. The minimum absolute atomic E-state index is 0.518. The van der Waals surface area contributed by atoms with Crippen molar-refractivity contribution in [1.29, 1.82) is 0 Å². The second-order valence-electron chi connectivity index (χ2n) is 3.19. The molecule has 0 aliphatic rings. The Balaban J connectivity index is 0.000000171. The molecular weight excluding hydrogens is 279 g/mol. The largest absolute Gasteiger partial charge is 0.398 e. The number of benzene rings is 2. The lowest BCUT2D eigenvalue weighted by Crippen LogP contribution is -1.83. The number of halogens is 3. The van der Waals surface area contributed by atoms with Crippen molar-refractivity contribution in [2.45, 2.75) is 0 Å². The molecule has 0 aromatic heterocycles. The number of anilines is 2. The molecule has 90 valence electrons. The van der Waals surface area contributed by atoms with E-state index in [2.05, 4.69) is 0 Å². The molecule has 0 heterocycles. The molecule has 0 unspecified atom stereocenters. The van der Waals surface area contributed by atoms with Crippen LogP contribution in [0.1, 0.15) is 0 Å². The highest BCUT2D eigenvalue weighted by Gasteiger charge is 1.93. The van der Waals surface area contributed by atoms with Crippen LogP contribution in [0.25, 0.3) is 0 Å². The zero-order valence-electron chi connectivity index (χ0n) is 8.83. The van der Waals surface area contributed by atoms with Gasteiger partial charge in [-0.05, 0) is 30.3 Å². The number of rotatable bonds is 0. The molecule has 2 nitrogen and oxygen atoms in total. The van der Waals surface area contributed by atoms with E-state index in [4.69, 9.17) is 46.3 Å². The highest BCUT2D eigenvalue weighted by atomic mass is 35.5. The molecule has 2 rings (SSSR count). The van der Waals surface area contributed by atoms with Crippen LogP contribution in [0.3, 0.4) is 0 Å². The standard InChI is InChI=1S/C6H5Cl2N.C6H6ClN/c7-4-1-2-5(8)6(9)3-4;7-5-3-1-2-4-6(5)8/h1-3H,9H2;1-4H,8H2. The van der Waals surface area contributed by atoms with Gasteiger partial charge in [0.2, 0.25) is 0 Å². The van der Waals surface area contributed by atoms with Crippen molar-refractivity contribution < 1.29 is 0 Å². The molecule has 0 amide bonds. The lowest BCUT2D eigenvalue weighted by Gasteiger charge is -1.95. The summed E-state index contributed by atoms with van der Waals surface area (Å²) in [6.07, 6.45) is 0. The van der Waals surface area contributed by atoms with Crippen LogP contribution in [0.5, 0.6) is 0 Å². The average molecular weight is 290 g/mol.